The van der Waals surface area contributed by atoms with Crippen molar-refractivity contribution in [3.05, 3.63) is 29.8 Å². The van der Waals surface area contributed by atoms with Gasteiger partial charge in [-0.15, -0.1) is 0 Å². The highest BCUT2D eigenvalue weighted by atomic mass is 32.1. The van der Waals surface area contributed by atoms with Gasteiger partial charge in [0.1, 0.15) is 11.6 Å². The van der Waals surface area contributed by atoms with Crippen molar-refractivity contribution in [1.29, 1.82) is 0 Å². The van der Waals surface area contributed by atoms with Gasteiger partial charge in [-0.25, -0.2) is 8.78 Å². The SMILES string of the molecule is CCCN1CCC(NC(=S)Nc2ccc(F)cc2F)CC1. The smallest absolute Gasteiger partial charge is 0.171 e. The fourth-order valence-electron chi connectivity index (χ4n) is 2.55. The quantitative estimate of drug-likeness (QED) is 0.835. The second-order valence-electron chi connectivity index (χ2n) is 5.34. The molecule has 116 valence electrons. The molecule has 0 spiro atoms. The Bertz CT molecular complexity index is 488. The lowest BCUT2D eigenvalue weighted by Crippen LogP contribution is -2.46. The summed E-state index contributed by atoms with van der Waals surface area (Å²) in [7, 11) is 0. The summed E-state index contributed by atoms with van der Waals surface area (Å²) < 4.78 is 26.4. The standard InChI is InChI=1S/C15H21F2N3S/c1-2-7-20-8-5-12(6-9-20)18-15(21)19-14-4-3-11(16)10-13(14)17/h3-4,10,12H,2,5-9H2,1H3,(H2,18,19,21). The number of nitrogens with one attached hydrogen (secondary N) is 2. The molecule has 0 bridgehead atoms. The molecule has 0 aliphatic carbocycles. The third-order valence-corrected chi connectivity index (χ3v) is 3.86. The number of halogens is 2. The summed E-state index contributed by atoms with van der Waals surface area (Å²) in [6.07, 6.45) is 3.21. The molecule has 1 heterocycles. The summed E-state index contributed by atoms with van der Waals surface area (Å²) in [5.74, 6) is -1.24. The molecule has 0 saturated carbocycles. The van der Waals surface area contributed by atoms with Crippen LogP contribution < -0.4 is 10.6 Å². The lowest BCUT2D eigenvalue weighted by Gasteiger charge is -2.32. The van der Waals surface area contributed by atoms with Gasteiger partial charge in [-0.3, -0.25) is 0 Å². The molecular weight excluding hydrogens is 292 g/mol. The van der Waals surface area contributed by atoms with E-state index in [2.05, 4.69) is 22.5 Å². The second-order valence-corrected chi connectivity index (χ2v) is 5.75. The van der Waals surface area contributed by atoms with E-state index < -0.39 is 11.6 Å². The number of benzene rings is 1. The molecule has 6 heteroatoms. The fraction of sp³-hybridized carbons (Fsp3) is 0.533. The van der Waals surface area contributed by atoms with Crippen molar-refractivity contribution in [2.45, 2.75) is 32.2 Å². The predicted molar refractivity (Wildman–Crippen MR) is 85.5 cm³/mol. The summed E-state index contributed by atoms with van der Waals surface area (Å²) >= 11 is 5.19. The Balaban J connectivity index is 1.80. The van der Waals surface area contributed by atoms with Crippen molar-refractivity contribution in [2.75, 3.05) is 25.0 Å². The van der Waals surface area contributed by atoms with E-state index in [1.165, 1.54) is 18.6 Å². The van der Waals surface area contributed by atoms with Crippen molar-refractivity contribution in [3.8, 4) is 0 Å². The first-order valence-corrected chi connectivity index (χ1v) is 7.74. The van der Waals surface area contributed by atoms with Crippen molar-refractivity contribution >= 4 is 23.0 Å². The van der Waals surface area contributed by atoms with Crippen LogP contribution >= 0.6 is 12.2 Å². The summed E-state index contributed by atoms with van der Waals surface area (Å²) in [4.78, 5) is 2.44. The molecule has 0 aromatic heterocycles. The Morgan fingerprint density at radius 1 is 1.33 bits per heavy atom. The molecule has 1 fully saturated rings. The Kier molecular flexibility index (Phi) is 5.87. The third kappa shape index (κ3) is 4.89. The van der Waals surface area contributed by atoms with Crippen LogP contribution in [0.5, 0.6) is 0 Å². The molecule has 1 aliphatic rings. The monoisotopic (exact) mass is 313 g/mol. The van der Waals surface area contributed by atoms with Gasteiger partial charge in [-0.05, 0) is 50.2 Å². The molecule has 0 unspecified atom stereocenters. The minimum Gasteiger partial charge on any atom is -0.360 e. The average Bonchev–Trinajstić information content (AvgIpc) is 2.44. The molecular formula is C15H21F2N3S. The van der Waals surface area contributed by atoms with Gasteiger partial charge < -0.3 is 15.5 Å². The van der Waals surface area contributed by atoms with E-state index in [0.29, 0.717) is 11.2 Å². The summed E-state index contributed by atoms with van der Waals surface area (Å²) in [6.45, 7) is 5.43. The number of likely N-dealkylation sites (tertiary alicyclic amines) is 1. The lowest BCUT2D eigenvalue weighted by molar-refractivity contribution is 0.207. The minimum atomic E-state index is -0.642. The number of hydrogen-bond acceptors (Lipinski definition) is 2. The van der Waals surface area contributed by atoms with E-state index in [4.69, 9.17) is 12.2 Å². The molecule has 1 aromatic carbocycles. The lowest BCUT2D eigenvalue weighted by atomic mass is 10.1. The first-order valence-electron chi connectivity index (χ1n) is 7.33. The molecule has 1 aliphatic heterocycles. The molecule has 2 rings (SSSR count). The molecule has 2 N–H and O–H groups in total. The molecule has 3 nitrogen and oxygen atoms in total. The number of nitrogens with zero attached hydrogens (tertiary/aromatic N) is 1. The van der Waals surface area contributed by atoms with Gasteiger partial charge in [-0.1, -0.05) is 6.92 Å². The third-order valence-electron chi connectivity index (χ3n) is 3.64. The summed E-state index contributed by atoms with van der Waals surface area (Å²) in [6, 6.07) is 3.70. The topological polar surface area (TPSA) is 27.3 Å². The van der Waals surface area contributed by atoms with Gasteiger partial charge in [0.15, 0.2) is 5.11 Å². The zero-order valence-corrected chi connectivity index (χ0v) is 13.0. The van der Waals surface area contributed by atoms with Crippen molar-refractivity contribution in [3.63, 3.8) is 0 Å². The van der Waals surface area contributed by atoms with Crippen LogP contribution in [0.15, 0.2) is 18.2 Å². The highest BCUT2D eigenvalue weighted by Gasteiger charge is 2.19. The molecule has 0 radical (unpaired) electrons. The van der Waals surface area contributed by atoms with E-state index in [1.807, 2.05) is 0 Å². The Morgan fingerprint density at radius 3 is 2.67 bits per heavy atom. The highest BCUT2D eigenvalue weighted by molar-refractivity contribution is 7.80. The predicted octanol–water partition coefficient (Wildman–Crippen LogP) is 3.13. The van der Waals surface area contributed by atoms with Crippen LogP contribution in [-0.2, 0) is 0 Å². The zero-order valence-electron chi connectivity index (χ0n) is 12.2. The number of rotatable bonds is 4. The second kappa shape index (κ2) is 7.66. The van der Waals surface area contributed by atoms with Gasteiger partial charge in [0.25, 0.3) is 0 Å². The van der Waals surface area contributed by atoms with Gasteiger partial charge in [0, 0.05) is 25.2 Å². The normalized spacial score (nSPS) is 16.7. The first kappa shape index (κ1) is 16.1. The maximum atomic E-state index is 13.5. The highest BCUT2D eigenvalue weighted by Crippen LogP contribution is 2.15. The van der Waals surface area contributed by atoms with Gasteiger partial charge in [-0.2, -0.15) is 0 Å². The van der Waals surface area contributed by atoms with E-state index in [1.54, 1.807) is 0 Å². The maximum absolute atomic E-state index is 13.5. The number of piperidine rings is 1. The molecule has 0 atom stereocenters. The first-order chi connectivity index (χ1) is 10.1. The van der Waals surface area contributed by atoms with Crippen LogP contribution in [-0.4, -0.2) is 35.7 Å². The van der Waals surface area contributed by atoms with Crippen LogP contribution in [0, 0.1) is 11.6 Å². The molecule has 1 saturated heterocycles. The number of hydrogen-bond donors (Lipinski definition) is 2. The molecule has 0 amide bonds. The van der Waals surface area contributed by atoms with Crippen molar-refractivity contribution < 1.29 is 8.78 Å². The van der Waals surface area contributed by atoms with Crippen LogP contribution in [0.2, 0.25) is 0 Å². The van der Waals surface area contributed by atoms with E-state index in [9.17, 15) is 8.78 Å². The van der Waals surface area contributed by atoms with Crippen LogP contribution in [0.25, 0.3) is 0 Å². The maximum Gasteiger partial charge on any atom is 0.171 e. The van der Waals surface area contributed by atoms with Gasteiger partial charge in [0.2, 0.25) is 0 Å². The van der Waals surface area contributed by atoms with Crippen molar-refractivity contribution in [1.82, 2.24) is 10.2 Å². The summed E-state index contributed by atoms with van der Waals surface area (Å²) in [5.41, 5.74) is 0.192. The Morgan fingerprint density at radius 2 is 2.05 bits per heavy atom. The van der Waals surface area contributed by atoms with E-state index >= 15 is 0 Å². The average molecular weight is 313 g/mol. The zero-order chi connectivity index (χ0) is 15.2. The van der Waals surface area contributed by atoms with Crippen LogP contribution in [0.3, 0.4) is 0 Å². The van der Waals surface area contributed by atoms with E-state index in [-0.39, 0.29) is 5.69 Å². The van der Waals surface area contributed by atoms with E-state index in [0.717, 1.165) is 38.5 Å². The van der Waals surface area contributed by atoms with Crippen molar-refractivity contribution in [2.24, 2.45) is 0 Å². The largest absolute Gasteiger partial charge is 0.360 e. The fourth-order valence-corrected chi connectivity index (χ4v) is 2.83. The molecule has 21 heavy (non-hydrogen) atoms. The Hall–Kier alpha value is -1.27. The summed E-state index contributed by atoms with van der Waals surface area (Å²) in [5, 5.41) is 6.37. The Labute approximate surface area is 129 Å². The minimum absolute atomic E-state index is 0.192. The van der Waals surface area contributed by atoms with Crippen LogP contribution in [0.4, 0.5) is 14.5 Å². The number of anilines is 1. The van der Waals surface area contributed by atoms with Gasteiger partial charge >= 0.3 is 0 Å². The number of thiocarbonyl (C=S) groups is 1. The molecule has 1 aromatic rings. The van der Waals surface area contributed by atoms with Crippen LogP contribution in [0.1, 0.15) is 26.2 Å². The van der Waals surface area contributed by atoms with Gasteiger partial charge in [0.05, 0.1) is 5.69 Å².